The molecule has 0 saturated carbocycles. The van der Waals surface area contributed by atoms with Gasteiger partial charge in [-0.1, -0.05) is 41.9 Å². The van der Waals surface area contributed by atoms with E-state index in [9.17, 15) is 14.4 Å². The second-order valence-corrected chi connectivity index (χ2v) is 8.74. The third-order valence-electron chi connectivity index (χ3n) is 4.80. The largest absolute Gasteiger partial charge is 0.494 e. The second kappa shape index (κ2) is 11.5. The summed E-state index contributed by atoms with van der Waals surface area (Å²) in [6.45, 7) is 2.39. The van der Waals surface area contributed by atoms with Gasteiger partial charge in [0.25, 0.3) is 0 Å². The number of ether oxygens (including phenoxy) is 2. The van der Waals surface area contributed by atoms with Gasteiger partial charge < -0.3 is 14.8 Å². The van der Waals surface area contributed by atoms with Crippen LogP contribution in [0.5, 0.6) is 11.5 Å². The lowest BCUT2D eigenvalue weighted by atomic mass is 10.2. The molecular weight excluding hydrogens is 502 g/mol. The van der Waals surface area contributed by atoms with Gasteiger partial charge in [-0.25, -0.2) is 10.2 Å². The number of fused-ring (bicyclic) bond motifs is 1. The van der Waals surface area contributed by atoms with Crippen LogP contribution in [0.4, 0.5) is 5.69 Å². The smallest absolute Gasteiger partial charge is 0.355 e. The number of nitrogens with one attached hydrogen (secondary N) is 2. The standard InChI is InChI=1S/C26H20ClN3O5S/c1-2-34-18-12-10-17(11-13-18)29-24(31)25(32)30-28-15-16-6-5-7-19(14-16)35-26(33)23-22(27)20-8-3-4-9-21(20)36-23/h3-15H,2H2,1H3,(H,29,31)(H,30,32). The van der Waals surface area contributed by atoms with Crippen molar-refractivity contribution in [2.45, 2.75) is 6.92 Å². The summed E-state index contributed by atoms with van der Waals surface area (Å²) >= 11 is 7.61. The molecule has 0 fully saturated rings. The Morgan fingerprint density at radius 3 is 2.50 bits per heavy atom. The molecule has 0 unspecified atom stereocenters. The maximum Gasteiger partial charge on any atom is 0.355 e. The number of rotatable bonds is 7. The molecule has 0 radical (unpaired) electrons. The number of anilines is 1. The molecule has 0 aliphatic carbocycles. The third-order valence-corrected chi connectivity index (χ3v) is 6.45. The number of carbonyl (C=O) groups excluding carboxylic acids is 3. The van der Waals surface area contributed by atoms with Crippen molar-refractivity contribution in [1.82, 2.24) is 5.43 Å². The number of nitrogens with zero attached hydrogens (tertiary/aromatic N) is 1. The fourth-order valence-corrected chi connectivity index (χ4v) is 4.55. The first kappa shape index (κ1) is 24.9. The average Bonchev–Trinajstić information content (AvgIpc) is 3.22. The maximum absolute atomic E-state index is 12.7. The number of benzene rings is 3. The normalized spacial score (nSPS) is 10.8. The summed E-state index contributed by atoms with van der Waals surface area (Å²) in [6.07, 6.45) is 1.33. The Morgan fingerprint density at radius 2 is 1.75 bits per heavy atom. The number of hydrazone groups is 1. The molecule has 4 rings (SSSR count). The maximum atomic E-state index is 12.7. The first-order chi connectivity index (χ1) is 17.4. The summed E-state index contributed by atoms with van der Waals surface area (Å²) in [6, 6.07) is 20.6. The monoisotopic (exact) mass is 521 g/mol. The minimum Gasteiger partial charge on any atom is -0.494 e. The van der Waals surface area contributed by atoms with Gasteiger partial charge in [-0.2, -0.15) is 5.10 Å². The number of halogens is 1. The molecule has 0 aliphatic heterocycles. The molecule has 2 amide bonds. The molecule has 10 heteroatoms. The number of hydrogen-bond acceptors (Lipinski definition) is 7. The quantitative estimate of drug-likeness (QED) is 0.113. The summed E-state index contributed by atoms with van der Waals surface area (Å²) in [5.74, 6) is -1.46. The number of esters is 1. The van der Waals surface area contributed by atoms with Crippen molar-refractivity contribution in [2.75, 3.05) is 11.9 Å². The lowest BCUT2D eigenvalue weighted by Crippen LogP contribution is -2.32. The Kier molecular flexibility index (Phi) is 7.94. The van der Waals surface area contributed by atoms with Gasteiger partial charge in [0.2, 0.25) is 0 Å². The Bertz CT molecular complexity index is 1450. The molecule has 0 aliphatic rings. The number of hydrogen-bond donors (Lipinski definition) is 2. The van der Waals surface area contributed by atoms with Crippen molar-refractivity contribution in [3.8, 4) is 11.5 Å². The van der Waals surface area contributed by atoms with Crippen LogP contribution >= 0.6 is 22.9 Å². The Labute approximate surface area is 215 Å². The molecule has 36 heavy (non-hydrogen) atoms. The Balaban J connectivity index is 1.33. The molecule has 0 spiro atoms. The number of amides is 2. The highest BCUT2D eigenvalue weighted by Gasteiger charge is 2.19. The first-order valence-electron chi connectivity index (χ1n) is 10.8. The molecule has 0 atom stereocenters. The van der Waals surface area contributed by atoms with E-state index in [0.717, 1.165) is 10.1 Å². The third kappa shape index (κ3) is 6.07. The van der Waals surface area contributed by atoms with Gasteiger partial charge >= 0.3 is 17.8 Å². The second-order valence-electron chi connectivity index (χ2n) is 7.31. The molecule has 0 bridgehead atoms. The molecule has 3 aromatic carbocycles. The number of carbonyl (C=O) groups is 3. The molecule has 1 heterocycles. The number of thiophene rings is 1. The molecule has 182 valence electrons. The zero-order valence-corrected chi connectivity index (χ0v) is 20.6. The summed E-state index contributed by atoms with van der Waals surface area (Å²) < 4.78 is 11.7. The van der Waals surface area contributed by atoms with Gasteiger partial charge in [0.05, 0.1) is 17.8 Å². The van der Waals surface area contributed by atoms with Gasteiger partial charge in [-0.3, -0.25) is 9.59 Å². The van der Waals surface area contributed by atoms with Crippen LogP contribution in [0.15, 0.2) is 77.9 Å². The minimum absolute atomic E-state index is 0.275. The fourth-order valence-electron chi connectivity index (χ4n) is 3.16. The molecule has 1 aromatic heterocycles. The highest BCUT2D eigenvalue weighted by atomic mass is 35.5. The summed E-state index contributed by atoms with van der Waals surface area (Å²) in [4.78, 5) is 37.1. The van der Waals surface area contributed by atoms with Crippen LogP contribution in [0, 0.1) is 0 Å². The lowest BCUT2D eigenvalue weighted by molar-refractivity contribution is -0.136. The van der Waals surface area contributed by atoms with Gasteiger partial charge in [0.15, 0.2) is 0 Å². The van der Waals surface area contributed by atoms with Crippen molar-refractivity contribution in [3.05, 3.63) is 88.3 Å². The summed E-state index contributed by atoms with van der Waals surface area (Å²) in [5.41, 5.74) is 3.14. The van der Waals surface area contributed by atoms with E-state index >= 15 is 0 Å². The average molecular weight is 522 g/mol. The van der Waals surface area contributed by atoms with Crippen LogP contribution in [0.2, 0.25) is 5.02 Å². The predicted molar refractivity (Wildman–Crippen MR) is 140 cm³/mol. The molecular formula is C26H20ClN3O5S. The first-order valence-corrected chi connectivity index (χ1v) is 12.0. The van der Waals surface area contributed by atoms with E-state index in [1.54, 1.807) is 48.5 Å². The SMILES string of the molecule is CCOc1ccc(NC(=O)C(=O)NN=Cc2cccc(OC(=O)c3sc4ccccc4c3Cl)c2)cc1. The van der Waals surface area contributed by atoms with Crippen LogP contribution in [-0.2, 0) is 9.59 Å². The van der Waals surface area contributed by atoms with E-state index < -0.39 is 17.8 Å². The molecule has 8 nitrogen and oxygen atoms in total. The minimum atomic E-state index is -0.942. The molecule has 0 saturated heterocycles. The van der Waals surface area contributed by atoms with E-state index in [2.05, 4.69) is 15.8 Å². The zero-order valence-electron chi connectivity index (χ0n) is 19.0. The predicted octanol–water partition coefficient (Wildman–Crippen LogP) is 5.26. The van der Waals surface area contributed by atoms with Crippen LogP contribution in [0.1, 0.15) is 22.2 Å². The van der Waals surface area contributed by atoms with Crippen molar-refractivity contribution < 1.29 is 23.9 Å². The van der Waals surface area contributed by atoms with Gasteiger partial charge in [0, 0.05) is 15.8 Å². The van der Waals surface area contributed by atoms with E-state index in [-0.39, 0.29) is 5.75 Å². The van der Waals surface area contributed by atoms with Crippen LogP contribution in [0.25, 0.3) is 10.1 Å². The highest BCUT2D eigenvalue weighted by Crippen LogP contribution is 2.35. The zero-order chi connectivity index (χ0) is 25.5. The van der Waals surface area contributed by atoms with E-state index in [1.165, 1.54) is 17.6 Å². The van der Waals surface area contributed by atoms with Crippen LogP contribution in [-0.4, -0.2) is 30.6 Å². The lowest BCUT2D eigenvalue weighted by Gasteiger charge is -2.06. The molecule has 2 N–H and O–H groups in total. The molecule has 4 aromatic rings. The van der Waals surface area contributed by atoms with Crippen LogP contribution < -0.4 is 20.2 Å². The van der Waals surface area contributed by atoms with E-state index in [0.29, 0.717) is 33.5 Å². The Morgan fingerprint density at radius 1 is 0.972 bits per heavy atom. The van der Waals surface area contributed by atoms with Crippen molar-refractivity contribution in [3.63, 3.8) is 0 Å². The van der Waals surface area contributed by atoms with Crippen LogP contribution in [0.3, 0.4) is 0 Å². The van der Waals surface area contributed by atoms with Crippen molar-refractivity contribution >= 4 is 62.7 Å². The fraction of sp³-hybridized carbons (Fsp3) is 0.0769. The topological polar surface area (TPSA) is 106 Å². The highest BCUT2D eigenvalue weighted by molar-refractivity contribution is 7.21. The van der Waals surface area contributed by atoms with E-state index in [1.807, 2.05) is 31.2 Å². The van der Waals surface area contributed by atoms with Gasteiger partial charge in [-0.15, -0.1) is 11.3 Å². The van der Waals surface area contributed by atoms with E-state index in [4.69, 9.17) is 21.1 Å². The summed E-state index contributed by atoms with van der Waals surface area (Å²) in [5, 5.41) is 7.41. The van der Waals surface area contributed by atoms with Gasteiger partial charge in [-0.05, 0) is 55.0 Å². The van der Waals surface area contributed by atoms with Gasteiger partial charge in [0.1, 0.15) is 16.4 Å². The Hall–Kier alpha value is -4.21. The van der Waals surface area contributed by atoms with Crippen molar-refractivity contribution in [2.24, 2.45) is 5.10 Å². The summed E-state index contributed by atoms with van der Waals surface area (Å²) in [7, 11) is 0. The van der Waals surface area contributed by atoms with Crippen molar-refractivity contribution in [1.29, 1.82) is 0 Å².